The average Bonchev–Trinajstić information content (AvgIpc) is 3.12. The fourth-order valence-electron chi connectivity index (χ4n) is 3.18. The Labute approximate surface area is 168 Å². The highest BCUT2D eigenvalue weighted by Gasteiger charge is 2.13. The molecule has 1 amide bonds. The Hall–Kier alpha value is -3.24. The summed E-state index contributed by atoms with van der Waals surface area (Å²) < 4.78 is 2.06. The Morgan fingerprint density at radius 2 is 1.64 bits per heavy atom. The van der Waals surface area contributed by atoms with Crippen LogP contribution in [0.25, 0.3) is 16.9 Å². The highest BCUT2D eigenvalue weighted by atomic mass is 32.1. The van der Waals surface area contributed by atoms with Crippen molar-refractivity contribution in [2.75, 3.05) is 0 Å². The minimum absolute atomic E-state index is 0.221. The Balaban J connectivity index is 1.92. The third-order valence-corrected chi connectivity index (χ3v) is 5.44. The molecule has 3 aromatic carbocycles. The van der Waals surface area contributed by atoms with Crippen molar-refractivity contribution in [3.8, 4) is 16.9 Å². The standard InChI is InChI=1S/C24H20N2OS/c1-17-9-8-13-20(15-17)26-22(19-11-4-3-5-12-19)16-28-24(26)25-23(27)21-14-7-6-10-18(21)2/h3-16H,1-2H3. The lowest BCUT2D eigenvalue weighted by molar-refractivity contribution is 0.0997. The lowest BCUT2D eigenvalue weighted by Crippen LogP contribution is -2.17. The fraction of sp³-hybridized carbons (Fsp3) is 0.0833. The number of rotatable bonds is 3. The van der Waals surface area contributed by atoms with Gasteiger partial charge in [0, 0.05) is 16.6 Å². The zero-order valence-electron chi connectivity index (χ0n) is 15.8. The molecule has 0 aliphatic rings. The number of hydrogen-bond donors (Lipinski definition) is 0. The van der Waals surface area contributed by atoms with Crippen LogP contribution in [0.15, 0.2) is 89.2 Å². The topological polar surface area (TPSA) is 34.4 Å². The van der Waals surface area contributed by atoms with E-state index in [2.05, 4.69) is 46.1 Å². The van der Waals surface area contributed by atoms with Crippen LogP contribution in [0.2, 0.25) is 0 Å². The van der Waals surface area contributed by atoms with Crippen molar-refractivity contribution < 1.29 is 4.79 Å². The van der Waals surface area contributed by atoms with Crippen LogP contribution in [-0.4, -0.2) is 10.5 Å². The summed E-state index contributed by atoms with van der Waals surface area (Å²) in [5.41, 5.74) is 5.83. The van der Waals surface area contributed by atoms with Crippen LogP contribution >= 0.6 is 11.3 Å². The molecule has 0 N–H and O–H groups in total. The van der Waals surface area contributed by atoms with E-state index >= 15 is 0 Å². The number of aryl methyl sites for hydroxylation is 2. The first-order valence-corrected chi connectivity index (χ1v) is 9.99. The van der Waals surface area contributed by atoms with E-state index in [0.29, 0.717) is 10.4 Å². The third kappa shape index (κ3) is 3.59. The van der Waals surface area contributed by atoms with E-state index in [1.807, 2.05) is 61.5 Å². The molecule has 4 aromatic rings. The van der Waals surface area contributed by atoms with Crippen molar-refractivity contribution in [2.24, 2.45) is 4.99 Å². The Bertz CT molecular complexity index is 1200. The zero-order chi connectivity index (χ0) is 19.5. The molecule has 1 aromatic heterocycles. The van der Waals surface area contributed by atoms with Gasteiger partial charge in [-0.05, 0) is 48.7 Å². The summed E-state index contributed by atoms with van der Waals surface area (Å²) in [6, 6.07) is 26.0. The smallest absolute Gasteiger partial charge is 0.279 e. The average molecular weight is 385 g/mol. The largest absolute Gasteiger partial charge is 0.285 e. The van der Waals surface area contributed by atoms with Crippen molar-refractivity contribution in [1.29, 1.82) is 0 Å². The van der Waals surface area contributed by atoms with Gasteiger partial charge in [0.15, 0.2) is 4.80 Å². The first-order chi connectivity index (χ1) is 13.6. The first-order valence-electron chi connectivity index (χ1n) is 9.11. The predicted octanol–water partition coefficient (Wildman–Crippen LogP) is 5.56. The summed E-state index contributed by atoms with van der Waals surface area (Å²) >= 11 is 1.48. The quantitative estimate of drug-likeness (QED) is 0.455. The highest BCUT2D eigenvalue weighted by Crippen LogP contribution is 2.24. The van der Waals surface area contributed by atoms with E-state index in [4.69, 9.17) is 0 Å². The van der Waals surface area contributed by atoms with Gasteiger partial charge in [0.1, 0.15) is 0 Å². The summed E-state index contributed by atoms with van der Waals surface area (Å²) in [6.07, 6.45) is 0. The molecule has 138 valence electrons. The van der Waals surface area contributed by atoms with Gasteiger partial charge in [-0.3, -0.25) is 9.36 Å². The second-order valence-electron chi connectivity index (χ2n) is 6.68. The molecule has 0 fully saturated rings. The van der Waals surface area contributed by atoms with E-state index in [0.717, 1.165) is 28.1 Å². The zero-order valence-corrected chi connectivity index (χ0v) is 16.6. The normalized spacial score (nSPS) is 11.6. The first kappa shape index (κ1) is 18.1. The second-order valence-corrected chi connectivity index (χ2v) is 7.51. The van der Waals surface area contributed by atoms with Crippen molar-refractivity contribution in [1.82, 2.24) is 4.57 Å². The Morgan fingerprint density at radius 1 is 0.893 bits per heavy atom. The molecule has 0 aliphatic carbocycles. The lowest BCUT2D eigenvalue weighted by Gasteiger charge is -2.10. The summed E-state index contributed by atoms with van der Waals surface area (Å²) in [5, 5.41) is 2.06. The van der Waals surface area contributed by atoms with Crippen LogP contribution in [0.5, 0.6) is 0 Å². The predicted molar refractivity (Wildman–Crippen MR) is 115 cm³/mol. The molecule has 3 nitrogen and oxygen atoms in total. The van der Waals surface area contributed by atoms with Gasteiger partial charge >= 0.3 is 0 Å². The van der Waals surface area contributed by atoms with Gasteiger partial charge < -0.3 is 0 Å². The molecule has 0 saturated carbocycles. The van der Waals surface area contributed by atoms with Gasteiger partial charge in [-0.25, -0.2) is 0 Å². The molecule has 0 radical (unpaired) electrons. The SMILES string of the molecule is Cc1cccc(-n2c(-c3ccccc3)csc2=NC(=O)c2ccccc2C)c1. The minimum Gasteiger partial charge on any atom is -0.285 e. The molecule has 28 heavy (non-hydrogen) atoms. The van der Waals surface area contributed by atoms with E-state index < -0.39 is 0 Å². The molecule has 4 rings (SSSR count). The molecule has 4 heteroatoms. The maximum Gasteiger partial charge on any atom is 0.279 e. The van der Waals surface area contributed by atoms with Gasteiger partial charge in [0.2, 0.25) is 0 Å². The maximum absolute atomic E-state index is 12.9. The molecule has 0 aliphatic heterocycles. The van der Waals surface area contributed by atoms with Gasteiger partial charge in [-0.15, -0.1) is 11.3 Å². The van der Waals surface area contributed by atoms with Crippen LogP contribution in [0.4, 0.5) is 0 Å². The highest BCUT2D eigenvalue weighted by molar-refractivity contribution is 7.07. The monoisotopic (exact) mass is 384 g/mol. The van der Waals surface area contributed by atoms with E-state index in [1.165, 1.54) is 11.3 Å². The lowest BCUT2D eigenvalue weighted by atomic mass is 10.1. The number of thiazole rings is 1. The molecule has 0 atom stereocenters. The fourth-order valence-corrected chi connectivity index (χ4v) is 4.08. The number of carbonyl (C=O) groups is 1. The number of aromatic nitrogens is 1. The number of amides is 1. The summed E-state index contributed by atoms with van der Waals surface area (Å²) in [6.45, 7) is 4.00. The third-order valence-electron chi connectivity index (χ3n) is 4.61. The molecule has 0 saturated heterocycles. The molecular weight excluding hydrogens is 364 g/mol. The summed E-state index contributed by atoms with van der Waals surface area (Å²) in [4.78, 5) is 18.0. The second kappa shape index (κ2) is 7.79. The van der Waals surface area contributed by atoms with Crippen LogP contribution in [-0.2, 0) is 0 Å². The van der Waals surface area contributed by atoms with Gasteiger partial charge in [0.05, 0.1) is 5.69 Å². The van der Waals surface area contributed by atoms with Gasteiger partial charge in [-0.1, -0.05) is 60.7 Å². The molecule has 0 unspecified atom stereocenters. The summed E-state index contributed by atoms with van der Waals surface area (Å²) in [5.74, 6) is -0.221. The van der Waals surface area contributed by atoms with Crippen LogP contribution < -0.4 is 4.80 Å². The van der Waals surface area contributed by atoms with Gasteiger partial charge in [-0.2, -0.15) is 4.99 Å². The van der Waals surface area contributed by atoms with E-state index in [-0.39, 0.29) is 5.91 Å². The Morgan fingerprint density at radius 3 is 2.39 bits per heavy atom. The molecule has 0 spiro atoms. The van der Waals surface area contributed by atoms with Gasteiger partial charge in [0.25, 0.3) is 5.91 Å². The van der Waals surface area contributed by atoms with Crippen LogP contribution in [0.3, 0.4) is 0 Å². The van der Waals surface area contributed by atoms with E-state index in [9.17, 15) is 4.79 Å². The van der Waals surface area contributed by atoms with Crippen molar-refractivity contribution in [3.63, 3.8) is 0 Å². The van der Waals surface area contributed by atoms with Crippen molar-refractivity contribution >= 4 is 17.2 Å². The van der Waals surface area contributed by atoms with Crippen LogP contribution in [0, 0.1) is 13.8 Å². The summed E-state index contributed by atoms with van der Waals surface area (Å²) in [7, 11) is 0. The van der Waals surface area contributed by atoms with E-state index in [1.54, 1.807) is 0 Å². The number of hydrogen-bond acceptors (Lipinski definition) is 2. The molecule has 1 heterocycles. The number of benzene rings is 3. The van der Waals surface area contributed by atoms with Crippen molar-refractivity contribution in [3.05, 3.63) is 106 Å². The number of carbonyl (C=O) groups excluding carboxylic acids is 1. The van der Waals surface area contributed by atoms with Crippen molar-refractivity contribution in [2.45, 2.75) is 13.8 Å². The number of nitrogens with zero attached hydrogens (tertiary/aromatic N) is 2. The minimum atomic E-state index is -0.221. The molecule has 0 bridgehead atoms. The van der Waals surface area contributed by atoms with Crippen LogP contribution in [0.1, 0.15) is 21.5 Å². The maximum atomic E-state index is 12.9. The Kier molecular flexibility index (Phi) is 5.04. The molecular formula is C24H20N2OS.